The van der Waals surface area contributed by atoms with Crippen LogP contribution in [0.1, 0.15) is 30.2 Å². The van der Waals surface area contributed by atoms with Crippen LogP contribution in [0.15, 0.2) is 65.6 Å². The Morgan fingerprint density at radius 1 is 1.27 bits per heavy atom. The van der Waals surface area contributed by atoms with Gasteiger partial charge in [-0.2, -0.15) is 0 Å². The van der Waals surface area contributed by atoms with Gasteiger partial charge in [-0.05, 0) is 55.0 Å². The largest absolute Gasteiger partial charge is 0.497 e. The number of carbonyl (C=O) groups is 2. The SMILES string of the molecule is COc1ccc(N(C(=O)CCl)C(C(=O)NCCC2=CC=CCC2)c2cccs2)cc1. The quantitative estimate of drug-likeness (QED) is 0.562. The molecular weight excluding hydrogens is 420 g/mol. The van der Waals surface area contributed by atoms with Gasteiger partial charge in [-0.3, -0.25) is 14.5 Å². The highest BCUT2D eigenvalue weighted by Crippen LogP contribution is 2.32. The first-order valence-corrected chi connectivity index (χ1v) is 11.2. The number of methoxy groups -OCH3 is 1. The number of alkyl halides is 1. The fourth-order valence-corrected chi connectivity index (χ4v) is 4.31. The molecule has 5 nitrogen and oxygen atoms in total. The number of halogens is 1. The summed E-state index contributed by atoms with van der Waals surface area (Å²) < 4.78 is 5.21. The Morgan fingerprint density at radius 2 is 2.07 bits per heavy atom. The number of amides is 2. The van der Waals surface area contributed by atoms with Crippen LogP contribution in [0.3, 0.4) is 0 Å². The molecule has 1 atom stereocenters. The highest BCUT2D eigenvalue weighted by atomic mass is 35.5. The van der Waals surface area contributed by atoms with E-state index in [1.165, 1.54) is 21.8 Å². The molecule has 158 valence electrons. The van der Waals surface area contributed by atoms with Crippen LogP contribution < -0.4 is 15.0 Å². The van der Waals surface area contributed by atoms with Crippen LogP contribution in [0.25, 0.3) is 0 Å². The second kappa shape index (κ2) is 11.0. The Morgan fingerprint density at radius 3 is 2.67 bits per heavy atom. The molecule has 0 saturated heterocycles. The lowest BCUT2D eigenvalue weighted by Gasteiger charge is -2.30. The molecule has 1 heterocycles. The summed E-state index contributed by atoms with van der Waals surface area (Å²) in [5, 5.41) is 4.91. The van der Waals surface area contributed by atoms with E-state index in [1.54, 1.807) is 31.4 Å². The third-order valence-electron chi connectivity index (χ3n) is 4.90. The van der Waals surface area contributed by atoms with Crippen molar-refractivity contribution in [3.8, 4) is 5.75 Å². The summed E-state index contributed by atoms with van der Waals surface area (Å²) in [5.41, 5.74) is 1.91. The Hall–Kier alpha value is -2.57. The summed E-state index contributed by atoms with van der Waals surface area (Å²) in [4.78, 5) is 28.3. The second-order valence-corrected chi connectivity index (χ2v) is 8.09. The van der Waals surface area contributed by atoms with Crippen LogP contribution >= 0.6 is 22.9 Å². The summed E-state index contributed by atoms with van der Waals surface area (Å²) in [6.07, 6.45) is 9.14. The molecule has 1 N–H and O–H groups in total. The number of benzene rings is 1. The van der Waals surface area contributed by atoms with Gasteiger partial charge in [-0.25, -0.2) is 0 Å². The average Bonchev–Trinajstić information content (AvgIpc) is 3.32. The number of hydrogen-bond acceptors (Lipinski definition) is 4. The molecule has 1 unspecified atom stereocenters. The molecule has 2 amide bonds. The number of allylic oxidation sites excluding steroid dienone is 3. The topological polar surface area (TPSA) is 58.6 Å². The Labute approximate surface area is 186 Å². The predicted molar refractivity (Wildman–Crippen MR) is 122 cm³/mol. The van der Waals surface area contributed by atoms with Crippen LogP contribution in [0, 0.1) is 0 Å². The van der Waals surface area contributed by atoms with Gasteiger partial charge in [0.2, 0.25) is 11.8 Å². The van der Waals surface area contributed by atoms with E-state index in [2.05, 4.69) is 23.5 Å². The number of rotatable bonds is 9. The molecule has 0 aliphatic heterocycles. The molecule has 0 bridgehead atoms. The van der Waals surface area contributed by atoms with Crippen molar-refractivity contribution in [1.29, 1.82) is 0 Å². The molecule has 7 heteroatoms. The first-order chi connectivity index (χ1) is 14.6. The molecule has 30 heavy (non-hydrogen) atoms. The molecule has 1 aliphatic carbocycles. The summed E-state index contributed by atoms with van der Waals surface area (Å²) in [6, 6.07) is 9.99. The van der Waals surface area contributed by atoms with E-state index in [1.807, 2.05) is 17.5 Å². The summed E-state index contributed by atoms with van der Waals surface area (Å²) in [7, 11) is 1.58. The van der Waals surface area contributed by atoms with Crippen molar-refractivity contribution >= 4 is 40.4 Å². The molecular formula is C23H25ClN2O3S. The zero-order valence-corrected chi connectivity index (χ0v) is 18.4. The highest BCUT2D eigenvalue weighted by molar-refractivity contribution is 7.10. The minimum absolute atomic E-state index is 0.222. The maximum absolute atomic E-state index is 13.2. The van der Waals surface area contributed by atoms with Crippen LogP contribution in [0.4, 0.5) is 5.69 Å². The van der Waals surface area contributed by atoms with Gasteiger partial charge in [0.1, 0.15) is 17.7 Å². The number of hydrogen-bond donors (Lipinski definition) is 1. The van der Waals surface area contributed by atoms with Crippen LogP contribution in [-0.2, 0) is 9.59 Å². The van der Waals surface area contributed by atoms with E-state index in [-0.39, 0.29) is 17.7 Å². The monoisotopic (exact) mass is 444 g/mol. The van der Waals surface area contributed by atoms with Crippen molar-refractivity contribution in [1.82, 2.24) is 5.32 Å². The highest BCUT2D eigenvalue weighted by Gasteiger charge is 2.33. The number of anilines is 1. The normalized spacial score (nSPS) is 14.0. The molecule has 0 saturated carbocycles. The second-order valence-electron chi connectivity index (χ2n) is 6.85. The molecule has 1 aromatic carbocycles. The van der Waals surface area contributed by atoms with Gasteiger partial charge in [0.25, 0.3) is 0 Å². The van der Waals surface area contributed by atoms with Gasteiger partial charge in [0, 0.05) is 17.1 Å². The van der Waals surface area contributed by atoms with Crippen molar-refractivity contribution in [3.05, 3.63) is 70.5 Å². The lowest BCUT2D eigenvalue weighted by atomic mass is 10.0. The first kappa shape index (κ1) is 22.1. The smallest absolute Gasteiger partial charge is 0.248 e. The van der Waals surface area contributed by atoms with E-state index in [4.69, 9.17) is 16.3 Å². The Balaban J connectivity index is 1.83. The van der Waals surface area contributed by atoms with Crippen LogP contribution in [-0.4, -0.2) is 31.3 Å². The third-order valence-corrected chi connectivity index (χ3v) is 6.05. The van der Waals surface area contributed by atoms with Gasteiger partial charge in [0.05, 0.1) is 7.11 Å². The number of thiophene rings is 1. The number of ether oxygens (including phenoxy) is 1. The molecule has 3 rings (SSSR count). The van der Waals surface area contributed by atoms with Gasteiger partial charge >= 0.3 is 0 Å². The predicted octanol–water partition coefficient (Wildman–Crippen LogP) is 4.85. The molecule has 0 radical (unpaired) electrons. The van der Waals surface area contributed by atoms with Crippen molar-refractivity contribution in [2.75, 3.05) is 24.4 Å². The first-order valence-electron chi connectivity index (χ1n) is 9.81. The van der Waals surface area contributed by atoms with E-state index >= 15 is 0 Å². The van der Waals surface area contributed by atoms with E-state index < -0.39 is 6.04 Å². The Kier molecular flexibility index (Phi) is 8.11. The standard InChI is InChI=1S/C23H25ClN2O3S/c1-29-19-11-9-18(10-12-19)26(21(27)16-24)22(20-8-5-15-30-20)23(28)25-14-13-17-6-3-2-4-7-17/h2-3,5-6,8-12,15,22H,4,7,13-14,16H2,1H3,(H,25,28). The number of carbonyl (C=O) groups excluding carboxylic acids is 2. The van der Waals surface area contributed by atoms with Gasteiger partial charge in [0.15, 0.2) is 0 Å². The van der Waals surface area contributed by atoms with E-state index in [0.29, 0.717) is 18.0 Å². The zero-order valence-electron chi connectivity index (χ0n) is 16.8. The van der Waals surface area contributed by atoms with Crippen LogP contribution in [0.5, 0.6) is 5.75 Å². The van der Waals surface area contributed by atoms with Crippen molar-refractivity contribution in [3.63, 3.8) is 0 Å². The zero-order chi connectivity index (χ0) is 21.3. The lowest BCUT2D eigenvalue weighted by Crippen LogP contribution is -2.44. The van der Waals surface area contributed by atoms with E-state index in [9.17, 15) is 9.59 Å². The molecule has 0 fully saturated rings. The van der Waals surface area contributed by atoms with Gasteiger partial charge < -0.3 is 10.1 Å². The molecule has 2 aromatic rings. The van der Waals surface area contributed by atoms with Gasteiger partial charge in [-0.15, -0.1) is 22.9 Å². The molecule has 1 aromatic heterocycles. The summed E-state index contributed by atoms with van der Waals surface area (Å²) >= 11 is 7.35. The maximum Gasteiger partial charge on any atom is 0.248 e. The maximum atomic E-state index is 13.2. The van der Waals surface area contributed by atoms with Crippen molar-refractivity contribution < 1.29 is 14.3 Å². The Bertz CT molecular complexity index is 907. The number of nitrogens with one attached hydrogen (secondary N) is 1. The molecule has 1 aliphatic rings. The summed E-state index contributed by atoms with van der Waals surface area (Å²) in [5.74, 6) is -0.112. The lowest BCUT2D eigenvalue weighted by molar-refractivity contribution is -0.125. The minimum atomic E-state index is -0.787. The fraction of sp³-hybridized carbons (Fsp3) is 0.304. The van der Waals surface area contributed by atoms with Crippen molar-refractivity contribution in [2.45, 2.75) is 25.3 Å². The van der Waals surface area contributed by atoms with Crippen molar-refractivity contribution in [2.24, 2.45) is 0 Å². The minimum Gasteiger partial charge on any atom is -0.497 e. The number of nitrogens with zero attached hydrogens (tertiary/aromatic N) is 1. The average molecular weight is 445 g/mol. The van der Waals surface area contributed by atoms with Crippen LogP contribution in [0.2, 0.25) is 0 Å². The molecule has 0 spiro atoms. The van der Waals surface area contributed by atoms with Gasteiger partial charge in [-0.1, -0.05) is 29.9 Å². The third kappa shape index (κ3) is 5.52. The fourth-order valence-electron chi connectivity index (χ4n) is 3.37. The summed E-state index contributed by atoms with van der Waals surface area (Å²) in [6.45, 7) is 0.520. The van der Waals surface area contributed by atoms with E-state index in [0.717, 1.165) is 24.1 Å².